The first kappa shape index (κ1) is 19.7. The number of amides is 2. The van der Waals surface area contributed by atoms with Crippen LogP contribution in [0.5, 0.6) is 0 Å². The first-order valence-electron chi connectivity index (χ1n) is 9.30. The van der Waals surface area contributed by atoms with Crippen molar-refractivity contribution in [3.05, 3.63) is 66.2 Å². The zero-order valence-electron chi connectivity index (χ0n) is 15.5. The molecule has 0 saturated heterocycles. The molecule has 4 heteroatoms. The molecule has 4 nitrogen and oxygen atoms in total. The van der Waals surface area contributed by atoms with Gasteiger partial charge in [0.2, 0.25) is 11.8 Å². The zero-order chi connectivity index (χ0) is 18.6. The predicted molar refractivity (Wildman–Crippen MR) is 106 cm³/mol. The molecule has 0 spiro atoms. The number of nitrogens with zero attached hydrogens (tertiary/aromatic N) is 1. The maximum atomic E-state index is 12.8. The van der Waals surface area contributed by atoms with Gasteiger partial charge in [-0.2, -0.15) is 0 Å². The van der Waals surface area contributed by atoms with Crippen molar-refractivity contribution in [3.8, 4) is 0 Å². The van der Waals surface area contributed by atoms with E-state index in [0.29, 0.717) is 19.5 Å². The first-order valence-corrected chi connectivity index (χ1v) is 9.30. The van der Waals surface area contributed by atoms with Crippen LogP contribution in [0.1, 0.15) is 38.2 Å². The number of carbonyl (C=O) groups is 2. The van der Waals surface area contributed by atoms with Crippen LogP contribution in [-0.2, 0) is 16.0 Å². The molecule has 0 atom stereocenters. The Bertz CT molecular complexity index is 671. The molecule has 0 aliphatic heterocycles. The Balaban J connectivity index is 1.86. The summed E-state index contributed by atoms with van der Waals surface area (Å²) in [7, 11) is 0. The monoisotopic (exact) mass is 352 g/mol. The van der Waals surface area contributed by atoms with E-state index in [2.05, 4.69) is 17.4 Å². The van der Waals surface area contributed by atoms with Crippen LogP contribution in [0.25, 0.3) is 0 Å². The molecule has 0 heterocycles. The Kier molecular flexibility index (Phi) is 8.40. The summed E-state index contributed by atoms with van der Waals surface area (Å²) in [6.07, 6.45) is 4.05. The topological polar surface area (TPSA) is 49.4 Å². The van der Waals surface area contributed by atoms with Crippen molar-refractivity contribution in [2.45, 2.75) is 39.0 Å². The van der Waals surface area contributed by atoms with E-state index in [-0.39, 0.29) is 11.8 Å². The number of para-hydroxylation sites is 1. The molecule has 0 saturated carbocycles. The van der Waals surface area contributed by atoms with E-state index >= 15 is 0 Å². The van der Waals surface area contributed by atoms with Gasteiger partial charge in [0.15, 0.2) is 0 Å². The van der Waals surface area contributed by atoms with Gasteiger partial charge in [0.1, 0.15) is 0 Å². The second-order valence-electron chi connectivity index (χ2n) is 6.41. The predicted octanol–water partition coefficient (Wildman–Crippen LogP) is 3.96. The number of unbranched alkanes of at least 4 members (excludes halogenated alkanes) is 2. The molecule has 138 valence electrons. The van der Waals surface area contributed by atoms with Gasteiger partial charge in [0.05, 0.1) is 0 Å². The van der Waals surface area contributed by atoms with Gasteiger partial charge in [-0.3, -0.25) is 9.59 Å². The molecule has 0 unspecified atom stereocenters. The maximum absolute atomic E-state index is 12.8. The Morgan fingerprint density at radius 3 is 2.19 bits per heavy atom. The minimum atomic E-state index is -0.00255. The van der Waals surface area contributed by atoms with Crippen LogP contribution >= 0.6 is 0 Å². The second kappa shape index (κ2) is 11.1. The quantitative estimate of drug-likeness (QED) is 0.658. The van der Waals surface area contributed by atoms with E-state index in [9.17, 15) is 9.59 Å². The molecule has 0 fully saturated rings. The Morgan fingerprint density at radius 2 is 1.54 bits per heavy atom. The van der Waals surface area contributed by atoms with Crippen molar-refractivity contribution >= 4 is 17.5 Å². The third kappa shape index (κ3) is 7.09. The van der Waals surface area contributed by atoms with Crippen LogP contribution in [0.3, 0.4) is 0 Å². The van der Waals surface area contributed by atoms with E-state index in [4.69, 9.17) is 0 Å². The number of hydrogen-bond acceptors (Lipinski definition) is 2. The standard InChI is InChI=1S/C22H28N2O2/c1-19(25)23-17-10-4-9-15-22(26)24(21-13-7-3-8-14-21)18-16-20-11-5-2-6-12-20/h2-3,5-8,11-14H,4,9-10,15-18H2,1H3,(H,23,25). The van der Waals surface area contributed by atoms with Gasteiger partial charge < -0.3 is 10.2 Å². The van der Waals surface area contributed by atoms with Gasteiger partial charge in [-0.25, -0.2) is 0 Å². The molecule has 0 aromatic heterocycles. The van der Waals surface area contributed by atoms with E-state index in [1.807, 2.05) is 53.4 Å². The Hall–Kier alpha value is -2.62. The van der Waals surface area contributed by atoms with Crippen molar-refractivity contribution in [3.63, 3.8) is 0 Å². The van der Waals surface area contributed by atoms with Crippen LogP contribution in [0.15, 0.2) is 60.7 Å². The SMILES string of the molecule is CC(=O)NCCCCCC(=O)N(CCc1ccccc1)c1ccccc1. The maximum Gasteiger partial charge on any atom is 0.226 e. The molecule has 0 bridgehead atoms. The van der Waals surface area contributed by atoms with Crippen molar-refractivity contribution < 1.29 is 9.59 Å². The molecule has 0 aliphatic carbocycles. The summed E-state index contributed by atoms with van der Waals surface area (Å²) >= 11 is 0. The third-order valence-electron chi connectivity index (χ3n) is 4.28. The number of benzene rings is 2. The minimum Gasteiger partial charge on any atom is -0.356 e. The molecule has 26 heavy (non-hydrogen) atoms. The largest absolute Gasteiger partial charge is 0.356 e. The van der Waals surface area contributed by atoms with Gasteiger partial charge in [0.25, 0.3) is 0 Å². The van der Waals surface area contributed by atoms with Crippen LogP contribution < -0.4 is 10.2 Å². The first-order chi connectivity index (χ1) is 12.7. The van der Waals surface area contributed by atoms with Crippen molar-refractivity contribution in [2.24, 2.45) is 0 Å². The van der Waals surface area contributed by atoms with Gasteiger partial charge in [-0.15, -0.1) is 0 Å². The lowest BCUT2D eigenvalue weighted by molar-refractivity contribution is -0.119. The minimum absolute atomic E-state index is 0.00255. The fraction of sp³-hybridized carbons (Fsp3) is 0.364. The number of nitrogens with one attached hydrogen (secondary N) is 1. The summed E-state index contributed by atoms with van der Waals surface area (Å²) in [5.74, 6) is 0.156. The zero-order valence-corrected chi connectivity index (χ0v) is 15.5. The smallest absolute Gasteiger partial charge is 0.226 e. The summed E-state index contributed by atoms with van der Waals surface area (Å²) in [5.41, 5.74) is 2.18. The lowest BCUT2D eigenvalue weighted by Crippen LogP contribution is -2.32. The molecule has 2 aromatic carbocycles. The molecular weight excluding hydrogens is 324 g/mol. The normalized spacial score (nSPS) is 10.3. The summed E-state index contributed by atoms with van der Waals surface area (Å²) in [6.45, 7) is 2.88. The molecule has 2 rings (SSSR count). The molecule has 2 amide bonds. The number of anilines is 1. The van der Waals surface area contributed by atoms with E-state index < -0.39 is 0 Å². The fourth-order valence-electron chi connectivity index (χ4n) is 2.87. The molecule has 2 aromatic rings. The highest BCUT2D eigenvalue weighted by Gasteiger charge is 2.15. The van der Waals surface area contributed by atoms with Gasteiger partial charge in [0, 0.05) is 32.1 Å². The fourth-order valence-corrected chi connectivity index (χ4v) is 2.87. The van der Waals surface area contributed by atoms with Crippen LogP contribution in [0.2, 0.25) is 0 Å². The van der Waals surface area contributed by atoms with Crippen LogP contribution in [0, 0.1) is 0 Å². The highest BCUT2D eigenvalue weighted by molar-refractivity contribution is 5.93. The van der Waals surface area contributed by atoms with Crippen molar-refractivity contribution in [2.75, 3.05) is 18.0 Å². The number of hydrogen-bond donors (Lipinski definition) is 1. The summed E-state index contributed by atoms with van der Waals surface area (Å²) in [5, 5.41) is 2.79. The number of rotatable bonds is 10. The van der Waals surface area contributed by atoms with Gasteiger partial charge in [-0.1, -0.05) is 55.0 Å². The van der Waals surface area contributed by atoms with Crippen LogP contribution in [0.4, 0.5) is 5.69 Å². The van der Waals surface area contributed by atoms with Crippen molar-refractivity contribution in [1.29, 1.82) is 0 Å². The highest BCUT2D eigenvalue weighted by atomic mass is 16.2. The van der Waals surface area contributed by atoms with E-state index in [1.54, 1.807) is 0 Å². The van der Waals surface area contributed by atoms with E-state index in [1.165, 1.54) is 12.5 Å². The highest BCUT2D eigenvalue weighted by Crippen LogP contribution is 2.17. The van der Waals surface area contributed by atoms with E-state index in [0.717, 1.165) is 31.4 Å². The number of carbonyl (C=O) groups excluding carboxylic acids is 2. The summed E-state index contributed by atoms with van der Waals surface area (Å²) in [4.78, 5) is 25.5. The lowest BCUT2D eigenvalue weighted by atomic mass is 10.1. The van der Waals surface area contributed by atoms with Gasteiger partial charge >= 0.3 is 0 Å². The molecule has 1 N–H and O–H groups in total. The Labute approximate surface area is 156 Å². The molecule has 0 aliphatic rings. The molecule has 0 radical (unpaired) electrons. The summed E-state index contributed by atoms with van der Waals surface area (Å²) in [6, 6.07) is 20.1. The average Bonchev–Trinajstić information content (AvgIpc) is 2.66. The average molecular weight is 352 g/mol. The third-order valence-corrected chi connectivity index (χ3v) is 4.28. The molecular formula is C22H28N2O2. The van der Waals surface area contributed by atoms with Crippen LogP contribution in [-0.4, -0.2) is 24.9 Å². The Morgan fingerprint density at radius 1 is 0.885 bits per heavy atom. The summed E-state index contributed by atoms with van der Waals surface area (Å²) < 4.78 is 0. The lowest BCUT2D eigenvalue weighted by Gasteiger charge is -2.23. The van der Waals surface area contributed by atoms with Gasteiger partial charge in [-0.05, 0) is 37.0 Å². The second-order valence-corrected chi connectivity index (χ2v) is 6.41. The van der Waals surface area contributed by atoms with Crippen molar-refractivity contribution in [1.82, 2.24) is 5.32 Å².